The van der Waals surface area contributed by atoms with E-state index < -0.39 is 23.4 Å². The lowest BCUT2D eigenvalue weighted by atomic mass is 9.46. The summed E-state index contributed by atoms with van der Waals surface area (Å²) in [6, 6.07) is 0. The summed E-state index contributed by atoms with van der Waals surface area (Å²) in [5, 5.41) is 11.3. The van der Waals surface area contributed by atoms with Gasteiger partial charge in [0.25, 0.3) is 0 Å². The van der Waals surface area contributed by atoms with Crippen molar-refractivity contribution in [2.24, 2.45) is 40.4 Å². The van der Waals surface area contributed by atoms with Crippen molar-refractivity contribution in [1.29, 1.82) is 0 Å². The molecule has 5 nitrogen and oxygen atoms in total. The number of aliphatic hydroxyl groups excluding tert-OH is 1. The molecule has 3 saturated carbocycles. The normalized spacial score (nSPS) is 45.7. The largest absolute Gasteiger partial charge is 0.469 e. The quantitative estimate of drug-likeness (QED) is 0.560. The molecule has 0 aromatic carbocycles. The van der Waals surface area contributed by atoms with Crippen LogP contribution in [0.15, 0.2) is 23.8 Å². The number of Topliss-reactive ketones (excluding diaryl/α,β-unsaturated/α-hetero) is 1. The number of hydrogen-bond donors (Lipinski definition) is 1. The highest BCUT2D eigenvalue weighted by atomic mass is 35.5. The fraction of sp³-hybridized carbons (Fsp3) is 0.696. The van der Waals surface area contributed by atoms with Crippen LogP contribution in [0.25, 0.3) is 0 Å². The second-order valence-electron chi connectivity index (χ2n) is 9.74. The molecule has 6 heteroatoms. The molecular formula is C23H29ClO5. The topological polar surface area (TPSA) is 80.7 Å². The van der Waals surface area contributed by atoms with Crippen LogP contribution in [0.5, 0.6) is 0 Å². The van der Waals surface area contributed by atoms with Crippen LogP contribution >= 0.6 is 11.6 Å². The predicted octanol–water partition coefficient (Wildman–Crippen LogP) is 3.09. The molecule has 8 atom stereocenters. The van der Waals surface area contributed by atoms with E-state index in [2.05, 4.69) is 6.92 Å². The number of carbonyl (C=O) groups excluding carboxylic acids is 3. The number of halogens is 1. The average molecular weight is 421 g/mol. The van der Waals surface area contributed by atoms with Gasteiger partial charge in [0.05, 0.1) is 25.0 Å². The Labute approximate surface area is 176 Å². The Morgan fingerprint density at radius 3 is 2.72 bits per heavy atom. The van der Waals surface area contributed by atoms with Gasteiger partial charge in [-0.2, -0.15) is 0 Å². The number of rotatable bonds is 3. The Balaban J connectivity index is 1.76. The molecule has 4 aliphatic rings. The van der Waals surface area contributed by atoms with E-state index in [0.717, 1.165) is 18.4 Å². The summed E-state index contributed by atoms with van der Waals surface area (Å²) in [5.74, 6) is -1.41. The third kappa shape index (κ3) is 2.88. The highest BCUT2D eigenvalue weighted by molar-refractivity contribution is 6.28. The van der Waals surface area contributed by atoms with Crippen molar-refractivity contribution in [3.05, 3.63) is 23.8 Å². The van der Waals surface area contributed by atoms with E-state index in [9.17, 15) is 19.5 Å². The fourth-order valence-corrected chi connectivity index (χ4v) is 7.60. The minimum atomic E-state index is -0.616. The zero-order valence-corrected chi connectivity index (χ0v) is 17.9. The monoisotopic (exact) mass is 420 g/mol. The van der Waals surface area contributed by atoms with E-state index in [1.54, 1.807) is 12.2 Å². The Morgan fingerprint density at radius 2 is 2.07 bits per heavy atom. The first-order valence-corrected chi connectivity index (χ1v) is 11.0. The molecule has 158 valence electrons. The molecule has 4 rings (SSSR count). The number of methoxy groups -OCH3 is 1. The van der Waals surface area contributed by atoms with E-state index in [1.807, 2.05) is 13.0 Å². The van der Waals surface area contributed by atoms with Gasteiger partial charge in [0.15, 0.2) is 11.6 Å². The smallest absolute Gasteiger partial charge is 0.309 e. The maximum Gasteiger partial charge on any atom is 0.309 e. The van der Waals surface area contributed by atoms with E-state index in [4.69, 9.17) is 16.3 Å². The van der Waals surface area contributed by atoms with Gasteiger partial charge in [-0.1, -0.05) is 25.5 Å². The number of esters is 1. The van der Waals surface area contributed by atoms with Crippen LogP contribution < -0.4 is 0 Å². The standard InChI is InChI=1S/C23H29ClO5/c1-22-7-6-13(25)8-12(22)4-5-14-16-9-15(21(28)29-3)20(18(27)11-24)23(16,2)10-17(26)19(14)22/h6-8,14-17,19-20,26H,4-5,9-11H2,1-3H3/t14-,15+,16-,17-,19+,20+,22-,23-/m0/s1. The van der Waals surface area contributed by atoms with Gasteiger partial charge in [0.1, 0.15) is 0 Å². The average Bonchev–Trinajstić information content (AvgIpc) is 2.99. The summed E-state index contributed by atoms with van der Waals surface area (Å²) in [6.45, 7) is 4.15. The molecule has 0 aromatic rings. The van der Waals surface area contributed by atoms with Gasteiger partial charge >= 0.3 is 5.97 Å². The van der Waals surface area contributed by atoms with Crippen molar-refractivity contribution in [3.63, 3.8) is 0 Å². The first-order chi connectivity index (χ1) is 13.7. The van der Waals surface area contributed by atoms with E-state index in [0.29, 0.717) is 12.8 Å². The van der Waals surface area contributed by atoms with Crippen LogP contribution in [0.4, 0.5) is 0 Å². The lowest BCUT2D eigenvalue weighted by Gasteiger charge is -2.58. The molecule has 0 aromatic heterocycles. The Morgan fingerprint density at radius 1 is 1.34 bits per heavy atom. The summed E-state index contributed by atoms with van der Waals surface area (Å²) in [6.07, 6.45) is 7.36. The van der Waals surface area contributed by atoms with Crippen molar-refractivity contribution in [2.45, 2.75) is 45.6 Å². The molecule has 0 heterocycles. The number of ketones is 2. The van der Waals surface area contributed by atoms with Gasteiger partial charge in [-0.3, -0.25) is 14.4 Å². The van der Waals surface area contributed by atoms with Gasteiger partial charge < -0.3 is 9.84 Å². The van der Waals surface area contributed by atoms with E-state index >= 15 is 0 Å². The van der Waals surface area contributed by atoms with Crippen LogP contribution in [0.3, 0.4) is 0 Å². The number of ether oxygens (including phenoxy) is 1. The third-order valence-corrected chi connectivity index (χ3v) is 8.80. The van der Waals surface area contributed by atoms with Gasteiger partial charge in [-0.25, -0.2) is 0 Å². The van der Waals surface area contributed by atoms with Crippen molar-refractivity contribution in [2.75, 3.05) is 13.0 Å². The zero-order valence-electron chi connectivity index (χ0n) is 17.2. The molecular weight excluding hydrogens is 392 g/mol. The third-order valence-electron chi connectivity index (χ3n) is 8.53. The summed E-state index contributed by atoms with van der Waals surface area (Å²) in [4.78, 5) is 37.3. The molecule has 0 amide bonds. The molecule has 0 bridgehead atoms. The number of fused-ring (bicyclic) bond motifs is 5. The first-order valence-electron chi connectivity index (χ1n) is 10.5. The van der Waals surface area contributed by atoms with Crippen molar-refractivity contribution >= 4 is 29.1 Å². The summed E-state index contributed by atoms with van der Waals surface area (Å²) >= 11 is 5.93. The lowest BCUT2D eigenvalue weighted by molar-refractivity contribution is -0.152. The molecule has 0 unspecified atom stereocenters. The van der Waals surface area contributed by atoms with Crippen molar-refractivity contribution in [3.8, 4) is 0 Å². The number of alkyl halides is 1. The summed E-state index contributed by atoms with van der Waals surface area (Å²) in [5.41, 5.74) is 0.231. The maximum atomic E-state index is 12.8. The van der Waals surface area contributed by atoms with E-state index in [1.165, 1.54) is 7.11 Å². The lowest BCUT2D eigenvalue weighted by Crippen LogP contribution is -2.56. The van der Waals surface area contributed by atoms with E-state index in [-0.39, 0.29) is 46.6 Å². The first kappa shape index (κ1) is 20.8. The molecule has 1 N–H and O–H groups in total. The number of aliphatic hydroxyl groups is 1. The molecule has 3 fully saturated rings. The highest BCUT2D eigenvalue weighted by Crippen LogP contribution is 2.67. The Bertz CT molecular complexity index is 816. The molecule has 0 aliphatic heterocycles. The summed E-state index contributed by atoms with van der Waals surface area (Å²) < 4.78 is 5.04. The van der Waals surface area contributed by atoms with Crippen LogP contribution in [-0.2, 0) is 19.1 Å². The number of carbonyl (C=O) groups is 3. The van der Waals surface area contributed by atoms with Crippen molar-refractivity contribution < 1.29 is 24.2 Å². The molecule has 4 aliphatic carbocycles. The Kier molecular flexibility index (Phi) is 5.06. The maximum absolute atomic E-state index is 12.8. The zero-order chi connectivity index (χ0) is 21.1. The second kappa shape index (κ2) is 7.05. The fourth-order valence-electron chi connectivity index (χ4n) is 7.44. The molecule has 29 heavy (non-hydrogen) atoms. The van der Waals surface area contributed by atoms with Crippen LogP contribution in [0.2, 0.25) is 0 Å². The SMILES string of the molecule is COC(=O)[C@@H]1C[C@H]2[C@@H]3CCC4=CC(=O)C=C[C@]4(C)[C@H]3[C@@H](O)C[C@]2(C)[C@H]1C(=O)CCl. The second-order valence-corrected chi connectivity index (χ2v) is 10.0. The highest BCUT2D eigenvalue weighted by Gasteiger charge is 2.66. The molecule has 0 spiro atoms. The molecule has 0 radical (unpaired) electrons. The Hall–Kier alpha value is -1.46. The molecule has 0 saturated heterocycles. The van der Waals surface area contributed by atoms with Crippen LogP contribution in [-0.4, -0.2) is 41.7 Å². The van der Waals surface area contributed by atoms with Crippen molar-refractivity contribution in [1.82, 2.24) is 0 Å². The van der Waals surface area contributed by atoms with Gasteiger partial charge in [0, 0.05) is 17.3 Å². The number of hydrogen-bond acceptors (Lipinski definition) is 5. The van der Waals surface area contributed by atoms with Gasteiger partial charge in [-0.05, 0) is 55.1 Å². The van der Waals surface area contributed by atoms with Crippen LogP contribution in [0.1, 0.15) is 39.5 Å². The minimum absolute atomic E-state index is 0.00505. The summed E-state index contributed by atoms with van der Waals surface area (Å²) in [7, 11) is 1.36. The predicted molar refractivity (Wildman–Crippen MR) is 108 cm³/mol. The number of allylic oxidation sites excluding steroid dienone is 4. The van der Waals surface area contributed by atoms with Gasteiger partial charge in [0.2, 0.25) is 0 Å². The minimum Gasteiger partial charge on any atom is -0.469 e. The van der Waals surface area contributed by atoms with Gasteiger partial charge in [-0.15, -0.1) is 11.6 Å². The van der Waals surface area contributed by atoms with Crippen LogP contribution in [0, 0.1) is 40.4 Å².